The molecule has 0 aliphatic heterocycles. The van der Waals surface area contributed by atoms with Crippen molar-refractivity contribution < 1.29 is 5.11 Å². The van der Waals surface area contributed by atoms with Crippen LogP contribution in [0.5, 0.6) is 0 Å². The molecule has 0 fully saturated rings. The number of aryl methyl sites for hydroxylation is 1. The van der Waals surface area contributed by atoms with Crippen molar-refractivity contribution in [3.8, 4) is 0 Å². The van der Waals surface area contributed by atoms with Crippen molar-refractivity contribution in [2.24, 2.45) is 7.05 Å². The Morgan fingerprint density at radius 1 is 1.38 bits per heavy atom. The predicted molar refractivity (Wildman–Crippen MR) is 63.7 cm³/mol. The van der Waals surface area contributed by atoms with Gasteiger partial charge in [0.1, 0.15) is 11.9 Å². The van der Waals surface area contributed by atoms with Crippen molar-refractivity contribution in [2.75, 3.05) is 0 Å². The van der Waals surface area contributed by atoms with E-state index < -0.39 is 6.10 Å². The lowest BCUT2D eigenvalue weighted by Crippen LogP contribution is -2.07. The van der Waals surface area contributed by atoms with E-state index in [1.807, 2.05) is 7.05 Å². The second-order valence-corrected chi connectivity index (χ2v) is 4.23. The lowest BCUT2D eigenvalue weighted by molar-refractivity contribution is 0.206. The number of benzene rings is 1. The molecule has 1 heterocycles. The minimum absolute atomic E-state index is 0.361. The zero-order chi connectivity index (χ0) is 11.7. The second kappa shape index (κ2) is 4.45. The minimum atomic E-state index is -0.869. The Morgan fingerprint density at radius 2 is 2.12 bits per heavy atom. The van der Waals surface area contributed by atoms with Crippen molar-refractivity contribution in [2.45, 2.75) is 6.10 Å². The molecule has 0 saturated carbocycles. The highest BCUT2D eigenvalue weighted by atomic mass is 35.5. The second-order valence-electron chi connectivity index (χ2n) is 3.44. The fourth-order valence-electron chi connectivity index (χ4n) is 1.51. The summed E-state index contributed by atoms with van der Waals surface area (Å²) in [6, 6.07) is 5.15. The number of rotatable bonds is 2. The van der Waals surface area contributed by atoms with E-state index in [1.54, 1.807) is 35.2 Å². The number of hydrogen-bond donors (Lipinski definition) is 1. The molecule has 1 unspecified atom stereocenters. The van der Waals surface area contributed by atoms with Crippen LogP contribution in [0.25, 0.3) is 0 Å². The van der Waals surface area contributed by atoms with Crippen LogP contribution >= 0.6 is 23.2 Å². The van der Waals surface area contributed by atoms with E-state index in [1.165, 1.54) is 0 Å². The summed E-state index contributed by atoms with van der Waals surface area (Å²) < 4.78 is 1.74. The van der Waals surface area contributed by atoms with E-state index in [4.69, 9.17) is 23.2 Å². The standard InChI is InChI=1S/C11H10Cl2N2O/c1-15-6-5-14-11(15)10(16)7-3-2-4-8(12)9(7)13/h2-6,10,16H,1H3. The van der Waals surface area contributed by atoms with Gasteiger partial charge in [-0.15, -0.1) is 0 Å². The van der Waals surface area contributed by atoms with Crippen LogP contribution in [0.4, 0.5) is 0 Å². The fraction of sp³-hybridized carbons (Fsp3) is 0.182. The third-order valence-corrected chi connectivity index (χ3v) is 3.21. The van der Waals surface area contributed by atoms with Gasteiger partial charge in [-0.3, -0.25) is 0 Å². The summed E-state index contributed by atoms with van der Waals surface area (Å²) in [5, 5.41) is 10.9. The molecule has 1 aromatic carbocycles. The molecule has 0 spiro atoms. The minimum Gasteiger partial charge on any atom is -0.380 e. The first-order valence-electron chi connectivity index (χ1n) is 4.70. The van der Waals surface area contributed by atoms with Gasteiger partial charge in [-0.1, -0.05) is 35.3 Å². The first-order chi connectivity index (χ1) is 7.61. The van der Waals surface area contributed by atoms with Crippen molar-refractivity contribution in [1.29, 1.82) is 0 Å². The van der Waals surface area contributed by atoms with Crippen LogP contribution < -0.4 is 0 Å². The molecule has 2 rings (SSSR count). The number of halogens is 2. The topological polar surface area (TPSA) is 38.0 Å². The largest absolute Gasteiger partial charge is 0.380 e. The Bertz CT molecular complexity index is 510. The van der Waals surface area contributed by atoms with E-state index in [9.17, 15) is 5.11 Å². The Morgan fingerprint density at radius 3 is 2.75 bits per heavy atom. The molecule has 3 nitrogen and oxygen atoms in total. The van der Waals surface area contributed by atoms with Crippen LogP contribution in [0.15, 0.2) is 30.6 Å². The van der Waals surface area contributed by atoms with Gasteiger partial charge in [-0.2, -0.15) is 0 Å². The molecule has 0 radical (unpaired) electrons. The lowest BCUT2D eigenvalue weighted by atomic mass is 10.1. The monoisotopic (exact) mass is 256 g/mol. The van der Waals surface area contributed by atoms with Crippen LogP contribution in [-0.4, -0.2) is 14.7 Å². The van der Waals surface area contributed by atoms with Gasteiger partial charge in [-0.05, 0) is 6.07 Å². The number of aliphatic hydroxyl groups excluding tert-OH is 1. The highest BCUT2D eigenvalue weighted by Crippen LogP contribution is 2.32. The third kappa shape index (κ3) is 1.94. The van der Waals surface area contributed by atoms with Gasteiger partial charge in [0.25, 0.3) is 0 Å². The average molecular weight is 257 g/mol. The molecule has 1 aromatic heterocycles. The molecule has 0 bridgehead atoms. The van der Waals surface area contributed by atoms with E-state index >= 15 is 0 Å². The Kier molecular flexibility index (Phi) is 3.19. The fourth-order valence-corrected chi connectivity index (χ4v) is 1.92. The first kappa shape index (κ1) is 11.5. The van der Waals surface area contributed by atoms with Gasteiger partial charge in [-0.25, -0.2) is 4.98 Å². The zero-order valence-electron chi connectivity index (χ0n) is 8.56. The summed E-state index contributed by atoms with van der Waals surface area (Å²) in [6.45, 7) is 0. The van der Waals surface area contributed by atoms with Gasteiger partial charge in [0.2, 0.25) is 0 Å². The van der Waals surface area contributed by atoms with Gasteiger partial charge in [0, 0.05) is 25.0 Å². The number of hydrogen-bond acceptors (Lipinski definition) is 2. The number of nitrogens with zero attached hydrogens (tertiary/aromatic N) is 2. The van der Waals surface area contributed by atoms with Crippen molar-refractivity contribution in [3.05, 3.63) is 52.0 Å². The van der Waals surface area contributed by atoms with Gasteiger partial charge >= 0.3 is 0 Å². The average Bonchev–Trinajstić information content (AvgIpc) is 2.68. The zero-order valence-corrected chi connectivity index (χ0v) is 10.1. The van der Waals surface area contributed by atoms with E-state index in [0.717, 1.165) is 0 Å². The maximum absolute atomic E-state index is 10.1. The quantitative estimate of drug-likeness (QED) is 0.898. The molecular formula is C11H10Cl2N2O. The van der Waals surface area contributed by atoms with Crippen LogP contribution in [0, 0.1) is 0 Å². The van der Waals surface area contributed by atoms with Gasteiger partial charge in [0.05, 0.1) is 10.0 Å². The third-order valence-electron chi connectivity index (χ3n) is 2.38. The molecule has 0 aliphatic rings. The predicted octanol–water partition coefficient (Wildman–Crippen LogP) is 2.81. The Balaban J connectivity index is 2.46. The SMILES string of the molecule is Cn1ccnc1C(O)c1cccc(Cl)c1Cl. The molecular weight excluding hydrogens is 247 g/mol. The maximum Gasteiger partial charge on any atom is 0.142 e. The van der Waals surface area contributed by atoms with Gasteiger partial charge < -0.3 is 9.67 Å². The summed E-state index contributed by atoms with van der Waals surface area (Å²) >= 11 is 11.9. The smallest absolute Gasteiger partial charge is 0.142 e. The molecule has 1 N–H and O–H groups in total. The number of aromatic nitrogens is 2. The number of aliphatic hydroxyl groups is 1. The molecule has 84 valence electrons. The van der Waals surface area contributed by atoms with Crippen LogP contribution in [0.1, 0.15) is 17.5 Å². The van der Waals surface area contributed by atoms with Crippen molar-refractivity contribution in [1.82, 2.24) is 9.55 Å². The molecule has 5 heteroatoms. The van der Waals surface area contributed by atoms with Crippen LogP contribution in [0.2, 0.25) is 10.0 Å². The number of imidazole rings is 1. The van der Waals surface area contributed by atoms with Crippen molar-refractivity contribution >= 4 is 23.2 Å². The maximum atomic E-state index is 10.1. The van der Waals surface area contributed by atoms with Gasteiger partial charge in [0.15, 0.2) is 0 Å². The normalized spacial score (nSPS) is 12.8. The lowest BCUT2D eigenvalue weighted by Gasteiger charge is -2.13. The molecule has 0 aliphatic carbocycles. The van der Waals surface area contributed by atoms with Crippen LogP contribution in [-0.2, 0) is 7.05 Å². The molecule has 0 amide bonds. The van der Waals surface area contributed by atoms with E-state index in [2.05, 4.69) is 4.98 Å². The molecule has 2 aromatic rings. The molecule has 16 heavy (non-hydrogen) atoms. The molecule has 1 atom stereocenters. The van der Waals surface area contributed by atoms with Crippen molar-refractivity contribution in [3.63, 3.8) is 0 Å². The van der Waals surface area contributed by atoms with E-state index in [-0.39, 0.29) is 0 Å². The van der Waals surface area contributed by atoms with Crippen LogP contribution in [0.3, 0.4) is 0 Å². The highest BCUT2D eigenvalue weighted by Gasteiger charge is 2.18. The Labute approximate surface area is 103 Å². The summed E-state index contributed by atoms with van der Waals surface area (Å²) in [5.74, 6) is 0.532. The molecule has 0 saturated heterocycles. The first-order valence-corrected chi connectivity index (χ1v) is 5.46. The Hall–Kier alpha value is -1.03. The summed E-state index contributed by atoms with van der Waals surface area (Å²) in [7, 11) is 1.81. The summed E-state index contributed by atoms with van der Waals surface area (Å²) in [6.07, 6.45) is 2.51. The summed E-state index contributed by atoms with van der Waals surface area (Å²) in [5.41, 5.74) is 0.559. The van der Waals surface area contributed by atoms with E-state index in [0.29, 0.717) is 21.4 Å². The highest BCUT2D eigenvalue weighted by molar-refractivity contribution is 6.42. The summed E-state index contributed by atoms with van der Waals surface area (Å²) in [4.78, 5) is 4.07.